The maximum absolute atomic E-state index is 13.5. The summed E-state index contributed by atoms with van der Waals surface area (Å²) >= 11 is 0. The molecule has 2 aromatic carbocycles. The molecular formula is C24H26N2O4. The summed E-state index contributed by atoms with van der Waals surface area (Å²) in [5.41, 5.74) is 2.95. The van der Waals surface area contributed by atoms with Gasteiger partial charge in [-0.3, -0.25) is 4.79 Å². The van der Waals surface area contributed by atoms with E-state index in [1.807, 2.05) is 53.4 Å². The van der Waals surface area contributed by atoms with Crippen LogP contribution < -0.4 is 9.47 Å². The van der Waals surface area contributed by atoms with Gasteiger partial charge < -0.3 is 19.5 Å². The van der Waals surface area contributed by atoms with Crippen LogP contribution in [0, 0.1) is 5.92 Å². The van der Waals surface area contributed by atoms with Gasteiger partial charge in [0.05, 0.1) is 31.0 Å². The smallest absolute Gasteiger partial charge is 0.254 e. The van der Waals surface area contributed by atoms with Crippen molar-refractivity contribution in [3.8, 4) is 22.8 Å². The normalized spacial score (nSPS) is 16.5. The highest BCUT2D eigenvalue weighted by Gasteiger charge is 2.26. The number of aliphatic hydroxyl groups excluding tert-OH is 1. The maximum atomic E-state index is 13.5. The van der Waals surface area contributed by atoms with Crippen molar-refractivity contribution in [1.82, 2.24) is 9.88 Å². The van der Waals surface area contributed by atoms with E-state index >= 15 is 0 Å². The molecule has 1 aromatic heterocycles. The summed E-state index contributed by atoms with van der Waals surface area (Å²) in [5, 5.41) is 10.4. The molecule has 1 N–H and O–H groups in total. The molecule has 0 bridgehead atoms. The standard InChI is InChI=1S/C24H26N2O4/c1-29-22-10-9-17(12-23(22)30-2)21-13-19(18-7-3-4-8-20(18)25-21)24(28)26-11-5-6-16(14-26)15-27/h3-4,7-10,12-13,16,27H,5-6,11,14-15H2,1-2H3. The van der Waals surface area contributed by atoms with Gasteiger partial charge in [0.2, 0.25) is 0 Å². The van der Waals surface area contributed by atoms with E-state index in [0.717, 1.165) is 29.3 Å². The molecule has 1 amide bonds. The van der Waals surface area contributed by atoms with Crippen LogP contribution in [0.3, 0.4) is 0 Å². The molecule has 0 spiro atoms. The van der Waals surface area contributed by atoms with Crippen LogP contribution in [0.25, 0.3) is 22.2 Å². The number of hydrogen-bond donors (Lipinski definition) is 1. The molecule has 156 valence electrons. The second-order valence-electron chi connectivity index (χ2n) is 7.58. The van der Waals surface area contributed by atoms with Crippen molar-refractivity contribution in [2.45, 2.75) is 12.8 Å². The number of likely N-dealkylation sites (tertiary alicyclic amines) is 1. The van der Waals surface area contributed by atoms with Gasteiger partial charge >= 0.3 is 0 Å². The Kier molecular flexibility index (Phi) is 5.86. The van der Waals surface area contributed by atoms with E-state index in [9.17, 15) is 9.90 Å². The highest BCUT2D eigenvalue weighted by Crippen LogP contribution is 2.33. The molecule has 1 unspecified atom stereocenters. The summed E-state index contributed by atoms with van der Waals surface area (Å²) in [5.74, 6) is 1.37. The van der Waals surface area contributed by atoms with Crippen molar-refractivity contribution in [3.63, 3.8) is 0 Å². The van der Waals surface area contributed by atoms with Crippen LogP contribution in [0.1, 0.15) is 23.2 Å². The summed E-state index contributed by atoms with van der Waals surface area (Å²) < 4.78 is 10.8. The minimum absolute atomic E-state index is 0.0199. The zero-order valence-corrected chi connectivity index (χ0v) is 17.3. The number of nitrogens with zero attached hydrogens (tertiary/aromatic N) is 2. The van der Waals surface area contributed by atoms with Gasteiger partial charge in [0.1, 0.15) is 0 Å². The topological polar surface area (TPSA) is 71.9 Å². The molecule has 1 fully saturated rings. The molecule has 0 saturated carbocycles. The Balaban J connectivity index is 1.79. The largest absolute Gasteiger partial charge is 0.493 e. The number of rotatable bonds is 5. The predicted molar refractivity (Wildman–Crippen MR) is 116 cm³/mol. The number of carbonyl (C=O) groups excluding carboxylic acids is 1. The van der Waals surface area contributed by atoms with Gasteiger partial charge in [-0.2, -0.15) is 0 Å². The first-order chi connectivity index (χ1) is 14.6. The van der Waals surface area contributed by atoms with Crippen LogP contribution in [-0.4, -0.2) is 54.8 Å². The van der Waals surface area contributed by atoms with Gasteiger partial charge in [-0.05, 0) is 49.1 Å². The molecule has 1 atom stereocenters. The third-order valence-corrected chi connectivity index (χ3v) is 5.69. The minimum atomic E-state index is -0.0199. The summed E-state index contributed by atoms with van der Waals surface area (Å²) in [7, 11) is 3.19. The molecule has 0 radical (unpaired) electrons. The molecular weight excluding hydrogens is 380 g/mol. The van der Waals surface area contributed by atoms with E-state index in [4.69, 9.17) is 14.5 Å². The fraction of sp³-hybridized carbons (Fsp3) is 0.333. The highest BCUT2D eigenvalue weighted by molar-refractivity contribution is 6.07. The van der Waals surface area contributed by atoms with Gasteiger partial charge in [-0.25, -0.2) is 4.98 Å². The molecule has 2 heterocycles. The van der Waals surface area contributed by atoms with E-state index < -0.39 is 0 Å². The Hall–Kier alpha value is -3.12. The predicted octanol–water partition coefficient (Wildman–Crippen LogP) is 3.76. The lowest BCUT2D eigenvalue weighted by Gasteiger charge is -2.32. The first-order valence-electron chi connectivity index (χ1n) is 10.2. The van der Waals surface area contributed by atoms with Gasteiger partial charge in [0.15, 0.2) is 11.5 Å². The Bertz CT molecular complexity index is 1070. The number of hydrogen-bond acceptors (Lipinski definition) is 5. The Morgan fingerprint density at radius 2 is 1.93 bits per heavy atom. The quantitative estimate of drug-likeness (QED) is 0.698. The highest BCUT2D eigenvalue weighted by atomic mass is 16.5. The Morgan fingerprint density at radius 1 is 1.13 bits per heavy atom. The summed E-state index contributed by atoms with van der Waals surface area (Å²) in [6.45, 7) is 1.40. The second-order valence-corrected chi connectivity index (χ2v) is 7.58. The molecule has 1 saturated heterocycles. The van der Waals surface area contributed by atoms with Gasteiger partial charge in [-0.15, -0.1) is 0 Å². The molecule has 1 aliphatic heterocycles. The number of fused-ring (bicyclic) bond motifs is 1. The Labute approximate surface area is 176 Å². The SMILES string of the molecule is COc1ccc(-c2cc(C(=O)N3CCCC(CO)C3)c3ccccc3n2)cc1OC. The number of methoxy groups -OCH3 is 2. The maximum Gasteiger partial charge on any atom is 0.254 e. The number of pyridine rings is 1. The van der Waals surface area contributed by atoms with Crippen molar-refractivity contribution in [3.05, 3.63) is 54.1 Å². The van der Waals surface area contributed by atoms with E-state index in [-0.39, 0.29) is 18.4 Å². The molecule has 4 rings (SSSR count). The molecule has 6 heteroatoms. The van der Waals surface area contributed by atoms with Gasteiger partial charge in [0, 0.05) is 30.6 Å². The first kappa shape index (κ1) is 20.2. The summed E-state index contributed by atoms with van der Waals surface area (Å²) in [4.78, 5) is 20.1. The molecule has 0 aliphatic carbocycles. The van der Waals surface area contributed by atoms with Crippen LogP contribution in [-0.2, 0) is 0 Å². The molecule has 6 nitrogen and oxygen atoms in total. The first-order valence-corrected chi connectivity index (χ1v) is 10.2. The van der Waals surface area contributed by atoms with Crippen LogP contribution in [0.5, 0.6) is 11.5 Å². The lowest BCUT2D eigenvalue weighted by molar-refractivity contribution is 0.0622. The van der Waals surface area contributed by atoms with Crippen molar-refractivity contribution < 1.29 is 19.4 Å². The lowest BCUT2D eigenvalue weighted by atomic mass is 9.97. The number of benzene rings is 2. The van der Waals surface area contributed by atoms with Gasteiger partial charge in [0.25, 0.3) is 5.91 Å². The minimum Gasteiger partial charge on any atom is -0.493 e. The fourth-order valence-electron chi connectivity index (χ4n) is 4.06. The number of aliphatic hydroxyl groups is 1. The molecule has 3 aromatic rings. The third kappa shape index (κ3) is 3.83. The van der Waals surface area contributed by atoms with Crippen molar-refractivity contribution in [1.29, 1.82) is 0 Å². The number of para-hydroxylation sites is 1. The zero-order valence-electron chi connectivity index (χ0n) is 17.3. The number of ether oxygens (including phenoxy) is 2. The molecule has 30 heavy (non-hydrogen) atoms. The van der Waals surface area contributed by atoms with Crippen LogP contribution in [0.4, 0.5) is 0 Å². The van der Waals surface area contributed by atoms with Crippen LogP contribution in [0.2, 0.25) is 0 Å². The van der Waals surface area contributed by atoms with E-state index in [1.165, 1.54) is 0 Å². The lowest BCUT2D eigenvalue weighted by Crippen LogP contribution is -2.41. The van der Waals surface area contributed by atoms with Crippen molar-refractivity contribution >= 4 is 16.8 Å². The number of amides is 1. The van der Waals surface area contributed by atoms with Crippen molar-refractivity contribution in [2.75, 3.05) is 33.9 Å². The number of carbonyl (C=O) groups is 1. The summed E-state index contributed by atoms with van der Waals surface area (Å²) in [6, 6.07) is 15.2. The van der Waals surface area contributed by atoms with Crippen molar-refractivity contribution in [2.24, 2.45) is 5.92 Å². The Morgan fingerprint density at radius 3 is 2.70 bits per heavy atom. The molecule has 1 aliphatic rings. The monoisotopic (exact) mass is 406 g/mol. The van der Waals surface area contributed by atoms with Crippen LogP contribution >= 0.6 is 0 Å². The number of aromatic nitrogens is 1. The average Bonchev–Trinajstić information content (AvgIpc) is 2.82. The van der Waals surface area contributed by atoms with E-state index in [2.05, 4.69) is 0 Å². The third-order valence-electron chi connectivity index (χ3n) is 5.69. The fourth-order valence-corrected chi connectivity index (χ4v) is 4.06. The zero-order chi connectivity index (χ0) is 21.1. The van der Waals surface area contributed by atoms with Gasteiger partial charge in [-0.1, -0.05) is 18.2 Å². The second kappa shape index (κ2) is 8.71. The van der Waals surface area contributed by atoms with Crippen LogP contribution in [0.15, 0.2) is 48.5 Å². The van der Waals surface area contributed by atoms with E-state index in [0.29, 0.717) is 35.8 Å². The summed E-state index contributed by atoms with van der Waals surface area (Å²) in [6.07, 6.45) is 1.86. The number of piperidine rings is 1. The van der Waals surface area contributed by atoms with E-state index in [1.54, 1.807) is 14.2 Å². The average molecular weight is 406 g/mol.